The van der Waals surface area contributed by atoms with Crippen molar-refractivity contribution in [3.8, 4) is 5.75 Å². The van der Waals surface area contributed by atoms with Crippen molar-refractivity contribution >= 4 is 12.0 Å². The summed E-state index contributed by atoms with van der Waals surface area (Å²) in [5.41, 5.74) is 1.72. The smallest absolute Gasteiger partial charge is 0.330 e. The van der Waals surface area contributed by atoms with Crippen LogP contribution in [0, 0.1) is 0 Å². The van der Waals surface area contributed by atoms with Crippen LogP contribution in [0.4, 0.5) is 0 Å². The van der Waals surface area contributed by atoms with E-state index in [4.69, 9.17) is 4.74 Å². The lowest BCUT2D eigenvalue weighted by molar-refractivity contribution is -0.137. The van der Waals surface area contributed by atoms with Crippen LogP contribution in [-0.4, -0.2) is 17.7 Å². The molecule has 0 aromatic heterocycles. The van der Waals surface area contributed by atoms with Crippen LogP contribution in [0.1, 0.15) is 11.1 Å². The maximum atomic E-state index is 11.5. The zero-order chi connectivity index (χ0) is 14.2. The molecule has 0 spiro atoms. The number of para-hydroxylation sites is 1. The molecule has 102 valence electrons. The second-order valence-electron chi connectivity index (χ2n) is 4.30. The Morgan fingerprint density at radius 2 is 1.75 bits per heavy atom. The molecule has 0 bridgehead atoms. The number of phenolic OH excluding ortho intramolecular Hbond substituents is 1. The predicted octanol–water partition coefficient (Wildman–Crippen LogP) is 3.19. The van der Waals surface area contributed by atoms with Gasteiger partial charge in [-0.15, -0.1) is 0 Å². The molecule has 3 nitrogen and oxygen atoms in total. The summed E-state index contributed by atoms with van der Waals surface area (Å²) < 4.78 is 5.10. The normalized spacial score (nSPS) is 10.6. The highest BCUT2D eigenvalue weighted by atomic mass is 16.5. The summed E-state index contributed by atoms with van der Waals surface area (Å²) in [7, 11) is 0. The number of rotatable bonds is 5. The van der Waals surface area contributed by atoms with Crippen molar-refractivity contribution < 1.29 is 14.6 Å². The number of hydrogen-bond donors (Lipinski definition) is 1. The minimum absolute atomic E-state index is 0.140. The van der Waals surface area contributed by atoms with Gasteiger partial charge in [-0.05, 0) is 17.7 Å². The molecule has 0 atom stereocenters. The van der Waals surface area contributed by atoms with Gasteiger partial charge in [-0.25, -0.2) is 4.79 Å². The van der Waals surface area contributed by atoms with Gasteiger partial charge in [-0.1, -0.05) is 48.5 Å². The Morgan fingerprint density at radius 1 is 1.05 bits per heavy atom. The van der Waals surface area contributed by atoms with Gasteiger partial charge < -0.3 is 9.84 Å². The van der Waals surface area contributed by atoms with Gasteiger partial charge in [0.05, 0.1) is 6.61 Å². The Kier molecular flexibility index (Phi) is 4.95. The molecule has 3 heteroatoms. The number of esters is 1. The first kappa shape index (κ1) is 13.9. The van der Waals surface area contributed by atoms with Crippen molar-refractivity contribution in [2.24, 2.45) is 0 Å². The molecule has 0 saturated carbocycles. The molecule has 0 saturated heterocycles. The number of carbonyl (C=O) groups is 1. The summed E-state index contributed by atoms with van der Waals surface area (Å²) in [6, 6.07) is 16.7. The fraction of sp³-hybridized carbons (Fsp3) is 0.118. The van der Waals surface area contributed by atoms with E-state index >= 15 is 0 Å². The van der Waals surface area contributed by atoms with Crippen LogP contribution in [-0.2, 0) is 16.0 Å². The number of hydrogen-bond acceptors (Lipinski definition) is 3. The SMILES string of the molecule is O=C(C=Cc1ccccc1O)OCCc1ccccc1. The van der Waals surface area contributed by atoms with Crippen molar-refractivity contribution in [3.05, 3.63) is 71.8 Å². The molecule has 0 radical (unpaired) electrons. The van der Waals surface area contributed by atoms with Crippen LogP contribution in [0.2, 0.25) is 0 Å². The average Bonchev–Trinajstić information content (AvgIpc) is 2.47. The molecule has 0 amide bonds. The van der Waals surface area contributed by atoms with Crippen molar-refractivity contribution in [2.45, 2.75) is 6.42 Å². The van der Waals surface area contributed by atoms with E-state index in [0.717, 1.165) is 5.56 Å². The highest BCUT2D eigenvalue weighted by molar-refractivity contribution is 5.87. The van der Waals surface area contributed by atoms with Gasteiger partial charge in [0.1, 0.15) is 5.75 Å². The zero-order valence-corrected chi connectivity index (χ0v) is 11.0. The van der Waals surface area contributed by atoms with Gasteiger partial charge >= 0.3 is 5.97 Å². The highest BCUT2D eigenvalue weighted by Crippen LogP contribution is 2.16. The van der Waals surface area contributed by atoms with Crippen LogP contribution < -0.4 is 0 Å². The fourth-order valence-electron chi connectivity index (χ4n) is 1.75. The quantitative estimate of drug-likeness (QED) is 0.669. The predicted molar refractivity (Wildman–Crippen MR) is 78.2 cm³/mol. The van der Waals surface area contributed by atoms with E-state index < -0.39 is 5.97 Å². The first-order valence-electron chi connectivity index (χ1n) is 6.42. The first-order chi connectivity index (χ1) is 9.75. The van der Waals surface area contributed by atoms with Crippen molar-refractivity contribution in [1.29, 1.82) is 0 Å². The summed E-state index contributed by atoms with van der Waals surface area (Å²) in [6.45, 7) is 0.341. The molecule has 20 heavy (non-hydrogen) atoms. The standard InChI is InChI=1S/C17H16O3/c18-16-9-5-4-8-15(16)10-11-17(19)20-13-12-14-6-2-1-3-7-14/h1-11,18H,12-13H2. The van der Waals surface area contributed by atoms with Gasteiger partial charge in [0.15, 0.2) is 0 Å². The Bertz CT molecular complexity index is 588. The van der Waals surface area contributed by atoms with E-state index in [1.165, 1.54) is 6.08 Å². The summed E-state index contributed by atoms with van der Waals surface area (Å²) in [4.78, 5) is 11.5. The second-order valence-corrected chi connectivity index (χ2v) is 4.30. The molecule has 1 N–H and O–H groups in total. The number of benzene rings is 2. The van der Waals surface area contributed by atoms with Gasteiger partial charge in [-0.2, -0.15) is 0 Å². The maximum absolute atomic E-state index is 11.5. The van der Waals surface area contributed by atoms with Crippen LogP contribution >= 0.6 is 0 Å². The Labute approximate surface area is 118 Å². The van der Waals surface area contributed by atoms with Crippen LogP contribution in [0.5, 0.6) is 5.75 Å². The topological polar surface area (TPSA) is 46.5 Å². The van der Waals surface area contributed by atoms with E-state index in [-0.39, 0.29) is 5.75 Å². The van der Waals surface area contributed by atoms with Crippen molar-refractivity contribution in [1.82, 2.24) is 0 Å². The zero-order valence-electron chi connectivity index (χ0n) is 11.0. The third-order valence-corrected chi connectivity index (χ3v) is 2.81. The monoisotopic (exact) mass is 268 g/mol. The Morgan fingerprint density at radius 3 is 2.50 bits per heavy atom. The molecule has 0 unspecified atom stereocenters. The first-order valence-corrected chi connectivity index (χ1v) is 6.42. The highest BCUT2D eigenvalue weighted by Gasteiger charge is 1.99. The molecule has 0 aliphatic carbocycles. The number of ether oxygens (including phenoxy) is 1. The molecule has 0 fully saturated rings. The Hall–Kier alpha value is -2.55. The summed E-state index contributed by atoms with van der Waals surface area (Å²) in [5, 5.41) is 9.54. The summed E-state index contributed by atoms with van der Waals surface area (Å²) >= 11 is 0. The van der Waals surface area contributed by atoms with E-state index in [9.17, 15) is 9.90 Å². The minimum atomic E-state index is -0.413. The molecular weight excluding hydrogens is 252 g/mol. The summed E-state index contributed by atoms with van der Waals surface area (Å²) in [6.07, 6.45) is 3.55. The van der Waals surface area contributed by atoms with Crippen LogP contribution in [0.3, 0.4) is 0 Å². The summed E-state index contributed by atoms with van der Waals surface area (Å²) in [5.74, 6) is -0.273. The molecule has 2 aromatic carbocycles. The van der Waals surface area contributed by atoms with Gasteiger partial charge in [0.25, 0.3) is 0 Å². The molecular formula is C17H16O3. The second kappa shape index (κ2) is 7.14. The molecule has 0 heterocycles. The molecule has 0 aliphatic rings. The molecule has 0 aliphatic heterocycles. The Balaban J connectivity index is 1.80. The number of aromatic hydroxyl groups is 1. The van der Waals surface area contributed by atoms with E-state index in [2.05, 4.69) is 0 Å². The van der Waals surface area contributed by atoms with Gasteiger partial charge in [0, 0.05) is 18.1 Å². The third-order valence-electron chi connectivity index (χ3n) is 2.81. The van der Waals surface area contributed by atoms with E-state index in [0.29, 0.717) is 18.6 Å². The number of phenols is 1. The largest absolute Gasteiger partial charge is 0.507 e. The lowest BCUT2D eigenvalue weighted by Gasteiger charge is -2.02. The molecule has 2 aromatic rings. The van der Waals surface area contributed by atoms with E-state index in [1.54, 1.807) is 30.3 Å². The van der Waals surface area contributed by atoms with Crippen LogP contribution in [0.15, 0.2) is 60.7 Å². The third kappa shape index (κ3) is 4.28. The molecule has 2 rings (SSSR count). The lowest BCUT2D eigenvalue weighted by atomic mass is 10.2. The van der Waals surface area contributed by atoms with Crippen LogP contribution in [0.25, 0.3) is 6.08 Å². The fourth-order valence-corrected chi connectivity index (χ4v) is 1.75. The lowest BCUT2D eigenvalue weighted by Crippen LogP contribution is -2.04. The van der Waals surface area contributed by atoms with Gasteiger partial charge in [-0.3, -0.25) is 0 Å². The average molecular weight is 268 g/mol. The maximum Gasteiger partial charge on any atom is 0.330 e. The minimum Gasteiger partial charge on any atom is -0.507 e. The van der Waals surface area contributed by atoms with Crippen molar-refractivity contribution in [2.75, 3.05) is 6.61 Å². The number of carbonyl (C=O) groups excluding carboxylic acids is 1. The van der Waals surface area contributed by atoms with Gasteiger partial charge in [0.2, 0.25) is 0 Å². The van der Waals surface area contributed by atoms with Crippen molar-refractivity contribution in [3.63, 3.8) is 0 Å². The van der Waals surface area contributed by atoms with E-state index in [1.807, 2.05) is 30.3 Å².